The molecule has 0 atom stereocenters. The van der Waals surface area contributed by atoms with Crippen LogP contribution in [0.1, 0.15) is 24.2 Å². The van der Waals surface area contributed by atoms with E-state index in [9.17, 15) is 4.79 Å². The fourth-order valence-corrected chi connectivity index (χ4v) is 2.47. The van der Waals surface area contributed by atoms with Crippen molar-refractivity contribution in [3.05, 3.63) is 66.2 Å². The fourth-order valence-electron chi connectivity index (χ4n) is 2.47. The lowest BCUT2D eigenvalue weighted by Gasteiger charge is -2.10. The molecule has 0 spiro atoms. The van der Waals surface area contributed by atoms with Crippen LogP contribution in [0.4, 0.5) is 11.5 Å². The Morgan fingerprint density at radius 1 is 0.957 bits per heavy atom. The molecule has 0 aromatic heterocycles. The van der Waals surface area contributed by atoms with Gasteiger partial charge in [-0.25, -0.2) is 4.98 Å². The molecule has 2 aliphatic rings. The highest BCUT2D eigenvalue weighted by atomic mass is 16.1. The maximum atomic E-state index is 12.8. The number of anilines is 2. The van der Waals surface area contributed by atoms with Gasteiger partial charge in [0.1, 0.15) is 5.82 Å². The van der Waals surface area contributed by atoms with Crippen molar-refractivity contribution < 1.29 is 4.79 Å². The first kappa shape index (κ1) is 15.0. The van der Waals surface area contributed by atoms with Gasteiger partial charge in [0.2, 0.25) is 0 Å². The smallest absolute Gasteiger partial charge is 0.260 e. The Bertz CT molecular complexity index is 784. The van der Waals surface area contributed by atoms with Crippen LogP contribution in [0.3, 0.4) is 0 Å². The summed E-state index contributed by atoms with van der Waals surface area (Å²) in [6.45, 7) is 4.05. The normalized spacial score (nSPS) is 10.7. The highest BCUT2D eigenvalue weighted by Gasteiger charge is 2.23. The van der Waals surface area contributed by atoms with E-state index in [4.69, 9.17) is 0 Å². The highest BCUT2D eigenvalue weighted by Crippen LogP contribution is 2.32. The van der Waals surface area contributed by atoms with E-state index in [-0.39, 0.29) is 11.9 Å². The van der Waals surface area contributed by atoms with E-state index in [1.165, 1.54) is 0 Å². The van der Waals surface area contributed by atoms with Crippen LogP contribution in [-0.2, 0) is 0 Å². The molecule has 4 heteroatoms. The van der Waals surface area contributed by atoms with Crippen molar-refractivity contribution in [2.24, 2.45) is 0 Å². The minimum atomic E-state index is -0.159. The zero-order valence-corrected chi connectivity index (χ0v) is 13.2. The number of amides is 1. The van der Waals surface area contributed by atoms with E-state index in [2.05, 4.69) is 15.6 Å². The van der Waals surface area contributed by atoms with Crippen LogP contribution in [-0.4, -0.2) is 16.9 Å². The fraction of sp³-hybridized carbons (Fsp3) is 0.158. The Kier molecular flexibility index (Phi) is 4.24. The number of nitrogens with zero attached hydrogens (tertiary/aromatic N) is 1. The van der Waals surface area contributed by atoms with Gasteiger partial charge >= 0.3 is 0 Å². The first-order valence-corrected chi connectivity index (χ1v) is 7.67. The van der Waals surface area contributed by atoms with E-state index in [0.29, 0.717) is 11.4 Å². The number of hydrogen-bond donors (Lipinski definition) is 2. The van der Waals surface area contributed by atoms with Gasteiger partial charge in [-0.1, -0.05) is 42.5 Å². The first-order chi connectivity index (χ1) is 11.1. The molecule has 4 nitrogen and oxygen atoms in total. The molecular weight excluding hydrogens is 286 g/mol. The summed E-state index contributed by atoms with van der Waals surface area (Å²) in [5.74, 6) is 0.461. The maximum absolute atomic E-state index is 12.8. The number of rotatable bonds is 4. The number of aromatic nitrogens is 1. The van der Waals surface area contributed by atoms with Gasteiger partial charge in [0.05, 0.1) is 11.3 Å². The van der Waals surface area contributed by atoms with E-state index >= 15 is 0 Å². The lowest BCUT2D eigenvalue weighted by Crippen LogP contribution is -2.17. The molecular formula is C19H19N3O. The van der Waals surface area contributed by atoms with Crippen LogP contribution in [0.15, 0.2) is 60.7 Å². The molecule has 0 unspecified atom stereocenters. The molecule has 0 bridgehead atoms. The van der Waals surface area contributed by atoms with Crippen molar-refractivity contribution in [3.63, 3.8) is 0 Å². The van der Waals surface area contributed by atoms with Crippen molar-refractivity contribution in [2.45, 2.75) is 19.9 Å². The summed E-state index contributed by atoms with van der Waals surface area (Å²) in [6.07, 6.45) is 0. The minimum Gasteiger partial charge on any atom is -0.367 e. The molecule has 116 valence electrons. The van der Waals surface area contributed by atoms with Crippen molar-refractivity contribution in [1.82, 2.24) is 4.98 Å². The Hall–Kier alpha value is -2.88. The predicted molar refractivity (Wildman–Crippen MR) is 94.0 cm³/mol. The predicted octanol–water partition coefficient (Wildman–Crippen LogP) is 4.26. The van der Waals surface area contributed by atoms with E-state index < -0.39 is 0 Å². The third kappa shape index (κ3) is 3.31. The molecule has 3 rings (SSSR count). The van der Waals surface area contributed by atoms with Crippen molar-refractivity contribution in [1.29, 1.82) is 0 Å². The lowest BCUT2D eigenvalue weighted by molar-refractivity contribution is 0.102. The Morgan fingerprint density at radius 3 is 2.30 bits per heavy atom. The molecule has 1 aromatic rings. The summed E-state index contributed by atoms with van der Waals surface area (Å²) in [6, 6.07) is 19.2. The minimum absolute atomic E-state index is 0.159. The third-order valence-electron chi connectivity index (χ3n) is 3.44. The second-order valence-corrected chi connectivity index (χ2v) is 5.66. The maximum Gasteiger partial charge on any atom is 0.260 e. The molecule has 1 amide bonds. The molecule has 1 heterocycles. The molecule has 1 aliphatic heterocycles. The standard InChI is InChI=1S/C19H19N3O/c1-13(2)20-18-17(15-11-7-4-8-12-16(15)22-18)19(23)21-14-9-5-3-6-10-14/h3-13H,1-2H3,(H,20,22)(H,21,23). The Morgan fingerprint density at radius 2 is 1.61 bits per heavy atom. The average Bonchev–Trinajstić information content (AvgIpc) is 2.69. The lowest BCUT2D eigenvalue weighted by atomic mass is 10.1. The molecule has 23 heavy (non-hydrogen) atoms. The van der Waals surface area contributed by atoms with Gasteiger partial charge in [0.25, 0.3) is 5.91 Å². The van der Waals surface area contributed by atoms with Crippen molar-refractivity contribution in [3.8, 4) is 11.3 Å². The third-order valence-corrected chi connectivity index (χ3v) is 3.44. The second-order valence-electron chi connectivity index (χ2n) is 5.66. The van der Waals surface area contributed by atoms with Crippen LogP contribution in [0.25, 0.3) is 11.3 Å². The molecule has 1 aliphatic carbocycles. The second kappa shape index (κ2) is 6.48. The van der Waals surface area contributed by atoms with Gasteiger partial charge in [0, 0.05) is 17.3 Å². The number of carbonyl (C=O) groups is 1. The summed E-state index contributed by atoms with van der Waals surface area (Å²) in [5, 5.41) is 6.21. The number of carbonyl (C=O) groups excluding carboxylic acids is 1. The summed E-state index contributed by atoms with van der Waals surface area (Å²) >= 11 is 0. The van der Waals surface area contributed by atoms with Gasteiger partial charge in [-0.3, -0.25) is 4.79 Å². The van der Waals surface area contributed by atoms with Gasteiger partial charge in [-0.2, -0.15) is 0 Å². The van der Waals surface area contributed by atoms with Gasteiger partial charge < -0.3 is 10.6 Å². The summed E-state index contributed by atoms with van der Waals surface area (Å²) in [4.78, 5) is 17.4. The number of para-hydroxylation sites is 1. The largest absolute Gasteiger partial charge is 0.367 e. The number of fused-ring (bicyclic) bond motifs is 1. The average molecular weight is 305 g/mol. The summed E-state index contributed by atoms with van der Waals surface area (Å²) in [7, 11) is 0. The van der Waals surface area contributed by atoms with Crippen LogP contribution in [0, 0.1) is 0 Å². The molecule has 1 aromatic carbocycles. The quantitative estimate of drug-likeness (QED) is 0.757. The Balaban J connectivity index is 2.03. The van der Waals surface area contributed by atoms with Gasteiger partial charge in [0.15, 0.2) is 0 Å². The number of hydrogen-bond acceptors (Lipinski definition) is 3. The van der Waals surface area contributed by atoms with E-state index in [1.807, 2.05) is 74.5 Å². The molecule has 2 N–H and O–H groups in total. The monoisotopic (exact) mass is 305 g/mol. The van der Waals surface area contributed by atoms with Crippen LogP contribution >= 0.6 is 0 Å². The van der Waals surface area contributed by atoms with E-state index in [1.54, 1.807) is 0 Å². The number of nitrogens with one attached hydrogen (secondary N) is 2. The molecule has 0 saturated heterocycles. The number of benzene rings is 1. The van der Waals surface area contributed by atoms with Gasteiger partial charge in [-0.15, -0.1) is 0 Å². The SMILES string of the molecule is CC(C)Nc1nc2cccccc-2c1C(=O)Nc1ccccc1. The highest BCUT2D eigenvalue weighted by molar-refractivity contribution is 6.12. The molecule has 0 saturated carbocycles. The Labute approximate surface area is 135 Å². The summed E-state index contributed by atoms with van der Waals surface area (Å²) < 4.78 is 0. The molecule has 0 fully saturated rings. The molecule has 0 radical (unpaired) electrons. The van der Waals surface area contributed by atoms with Crippen LogP contribution in [0.5, 0.6) is 0 Å². The summed E-state index contributed by atoms with van der Waals surface area (Å²) in [5.41, 5.74) is 2.99. The first-order valence-electron chi connectivity index (χ1n) is 7.67. The van der Waals surface area contributed by atoms with Gasteiger partial charge in [-0.05, 0) is 32.0 Å². The zero-order valence-electron chi connectivity index (χ0n) is 13.2. The topological polar surface area (TPSA) is 54.0 Å². The zero-order chi connectivity index (χ0) is 16.2. The van der Waals surface area contributed by atoms with Crippen molar-refractivity contribution in [2.75, 3.05) is 10.6 Å². The van der Waals surface area contributed by atoms with Crippen LogP contribution < -0.4 is 10.6 Å². The van der Waals surface area contributed by atoms with Crippen molar-refractivity contribution >= 4 is 17.4 Å². The van der Waals surface area contributed by atoms with E-state index in [0.717, 1.165) is 16.9 Å². The van der Waals surface area contributed by atoms with Crippen LogP contribution in [0.2, 0.25) is 0 Å².